The van der Waals surface area contributed by atoms with Crippen LogP contribution in [-0.2, 0) is 17.8 Å². The molecule has 1 heterocycles. The Morgan fingerprint density at radius 3 is 2.61 bits per heavy atom. The molecule has 0 bridgehead atoms. The fraction of sp³-hybridized carbons (Fsp3) is 0.158. The minimum Gasteiger partial charge on any atom is -0.489 e. The molecular weight excluding hydrogens is 290 g/mol. The molecule has 1 aromatic heterocycles. The van der Waals surface area contributed by atoms with Crippen LogP contribution in [0, 0.1) is 0 Å². The number of para-hydroxylation sites is 1. The molecule has 0 radical (unpaired) electrons. The molecule has 0 aliphatic heterocycles. The number of carbonyl (C=O) groups is 1. The van der Waals surface area contributed by atoms with Crippen LogP contribution in [0.2, 0.25) is 0 Å². The summed E-state index contributed by atoms with van der Waals surface area (Å²) in [5, 5.41) is 9.79. The van der Waals surface area contributed by atoms with E-state index in [4.69, 9.17) is 9.84 Å². The van der Waals surface area contributed by atoms with Gasteiger partial charge in [-0.3, -0.25) is 9.78 Å². The first-order valence-electron chi connectivity index (χ1n) is 7.48. The highest BCUT2D eigenvalue weighted by atomic mass is 16.5. The van der Waals surface area contributed by atoms with Gasteiger partial charge in [0.15, 0.2) is 0 Å². The second-order valence-electron chi connectivity index (χ2n) is 5.31. The molecule has 0 aliphatic carbocycles. The average molecular weight is 307 g/mol. The summed E-state index contributed by atoms with van der Waals surface area (Å²) in [4.78, 5) is 14.9. The maximum atomic E-state index is 10.6. The Labute approximate surface area is 134 Å². The molecule has 1 N–H and O–H groups in total. The summed E-state index contributed by atoms with van der Waals surface area (Å²) in [6, 6.07) is 17.5. The summed E-state index contributed by atoms with van der Waals surface area (Å²) in [5.74, 6) is -0.0140. The lowest BCUT2D eigenvalue weighted by molar-refractivity contribution is -0.136. The van der Waals surface area contributed by atoms with E-state index in [1.54, 1.807) is 6.20 Å². The van der Waals surface area contributed by atoms with Crippen molar-refractivity contribution < 1.29 is 14.6 Å². The van der Waals surface area contributed by atoms with Crippen LogP contribution in [0.25, 0.3) is 10.9 Å². The molecular formula is C19H17NO3. The first kappa shape index (κ1) is 15.0. The SMILES string of the molecule is O=C(O)CCc1ccc(OCc2ccnc3ccccc23)cc1. The molecule has 3 aromatic rings. The first-order valence-corrected chi connectivity index (χ1v) is 7.48. The van der Waals surface area contributed by atoms with Crippen molar-refractivity contribution in [2.45, 2.75) is 19.4 Å². The largest absolute Gasteiger partial charge is 0.489 e. The number of aromatic nitrogens is 1. The van der Waals surface area contributed by atoms with Crippen molar-refractivity contribution >= 4 is 16.9 Å². The average Bonchev–Trinajstić information content (AvgIpc) is 2.59. The van der Waals surface area contributed by atoms with Gasteiger partial charge in [0.25, 0.3) is 0 Å². The van der Waals surface area contributed by atoms with E-state index in [1.807, 2.05) is 54.6 Å². The lowest BCUT2D eigenvalue weighted by atomic mass is 10.1. The quantitative estimate of drug-likeness (QED) is 0.752. The molecule has 3 rings (SSSR count). The zero-order valence-electron chi connectivity index (χ0n) is 12.6. The number of rotatable bonds is 6. The number of benzene rings is 2. The maximum Gasteiger partial charge on any atom is 0.303 e. The van der Waals surface area contributed by atoms with E-state index < -0.39 is 5.97 Å². The number of pyridine rings is 1. The van der Waals surface area contributed by atoms with Gasteiger partial charge in [0, 0.05) is 23.6 Å². The number of carboxylic acid groups (broad SMARTS) is 1. The molecule has 0 aliphatic rings. The Morgan fingerprint density at radius 1 is 1.04 bits per heavy atom. The molecule has 0 fully saturated rings. The van der Waals surface area contributed by atoms with Gasteiger partial charge in [-0.25, -0.2) is 0 Å². The summed E-state index contributed by atoms with van der Waals surface area (Å²) < 4.78 is 5.84. The summed E-state index contributed by atoms with van der Waals surface area (Å²) >= 11 is 0. The van der Waals surface area contributed by atoms with E-state index in [1.165, 1.54) is 0 Å². The molecule has 0 spiro atoms. The molecule has 0 atom stereocenters. The number of aliphatic carboxylic acids is 1. The number of hydrogen-bond donors (Lipinski definition) is 1. The summed E-state index contributed by atoms with van der Waals surface area (Å²) in [5.41, 5.74) is 3.04. The molecule has 0 unspecified atom stereocenters. The van der Waals surface area contributed by atoms with Gasteiger partial charge in [-0.05, 0) is 36.2 Å². The third kappa shape index (κ3) is 3.86. The molecule has 4 nitrogen and oxygen atoms in total. The molecule has 0 saturated carbocycles. The third-order valence-corrected chi connectivity index (χ3v) is 3.68. The Morgan fingerprint density at radius 2 is 1.83 bits per heavy atom. The predicted octanol–water partition coefficient (Wildman–Crippen LogP) is 3.83. The number of carboxylic acids is 1. The van der Waals surface area contributed by atoms with Crippen molar-refractivity contribution in [3.63, 3.8) is 0 Å². The fourth-order valence-corrected chi connectivity index (χ4v) is 2.45. The van der Waals surface area contributed by atoms with Gasteiger partial charge in [-0.2, -0.15) is 0 Å². The molecule has 0 saturated heterocycles. The van der Waals surface area contributed by atoms with Gasteiger partial charge >= 0.3 is 5.97 Å². The van der Waals surface area contributed by atoms with Crippen LogP contribution in [0.5, 0.6) is 5.75 Å². The van der Waals surface area contributed by atoms with Gasteiger partial charge in [0.2, 0.25) is 0 Å². The van der Waals surface area contributed by atoms with Gasteiger partial charge in [-0.15, -0.1) is 0 Å². The summed E-state index contributed by atoms with van der Waals surface area (Å²) in [6.45, 7) is 0.470. The van der Waals surface area contributed by atoms with Gasteiger partial charge in [0.05, 0.1) is 5.52 Å². The minimum atomic E-state index is -0.783. The molecule has 2 aromatic carbocycles. The molecule has 4 heteroatoms. The first-order chi connectivity index (χ1) is 11.2. The predicted molar refractivity (Wildman–Crippen MR) is 88.5 cm³/mol. The second-order valence-corrected chi connectivity index (χ2v) is 5.31. The minimum absolute atomic E-state index is 0.142. The highest BCUT2D eigenvalue weighted by Crippen LogP contribution is 2.19. The lowest BCUT2D eigenvalue weighted by Gasteiger charge is -2.09. The highest BCUT2D eigenvalue weighted by molar-refractivity contribution is 5.81. The van der Waals surface area contributed by atoms with Crippen LogP contribution in [0.3, 0.4) is 0 Å². The number of fused-ring (bicyclic) bond motifs is 1. The Balaban J connectivity index is 1.67. The van der Waals surface area contributed by atoms with Crippen molar-refractivity contribution in [1.82, 2.24) is 4.98 Å². The highest BCUT2D eigenvalue weighted by Gasteiger charge is 2.03. The van der Waals surface area contributed by atoms with Crippen LogP contribution >= 0.6 is 0 Å². The lowest BCUT2D eigenvalue weighted by Crippen LogP contribution is -1.99. The van der Waals surface area contributed by atoms with Crippen molar-refractivity contribution in [2.24, 2.45) is 0 Å². The standard InChI is InChI=1S/C19H17NO3/c21-19(22)10-7-14-5-8-16(9-6-14)23-13-15-11-12-20-18-4-2-1-3-17(15)18/h1-6,8-9,11-12H,7,10,13H2,(H,21,22). The van der Waals surface area contributed by atoms with E-state index in [9.17, 15) is 4.79 Å². The second kappa shape index (κ2) is 6.92. The van der Waals surface area contributed by atoms with Crippen molar-refractivity contribution in [3.8, 4) is 5.75 Å². The van der Waals surface area contributed by atoms with Crippen LogP contribution in [-0.4, -0.2) is 16.1 Å². The van der Waals surface area contributed by atoms with E-state index in [0.29, 0.717) is 13.0 Å². The van der Waals surface area contributed by atoms with Crippen LogP contribution in [0.1, 0.15) is 17.5 Å². The smallest absolute Gasteiger partial charge is 0.303 e. The molecule has 0 amide bonds. The van der Waals surface area contributed by atoms with Crippen molar-refractivity contribution in [1.29, 1.82) is 0 Å². The molecule has 23 heavy (non-hydrogen) atoms. The van der Waals surface area contributed by atoms with Crippen LogP contribution in [0.4, 0.5) is 0 Å². The Bertz CT molecular complexity index is 807. The van der Waals surface area contributed by atoms with Crippen LogP contribution < -0.4 is 4.74 Å². The number of ether oxygens (including phenoxy) is 1. The van der Waals surface area contributed by atoms with Gasteiger partial charge in [0.1, 0.15) is 12.4 Å². The Kier molecular flexibility index (Phi) is 4.52. The summed E-state index contributed by atoms with van der Waals surface area (Å²) in [7, 11) is 0. The van der Waals surface area contributed by atoms with Crippen LogP contribution in [0.15, 0.2) is 60.8 Å². The zero-order chi connectivity index (χ0) is 16.1. The van der Waals surface area contributed by atoms with Gasteiger partial charge in [-0.1, -0.05) is 30.3 Å². The van der Waals surface area contributed by atoms with E-state index >= 15 is 0 Å². The normalized spacial score (nSPS) is 10.6. The van der Waals surface area contributed by atoms with Crippen molar-refractivity contribution in [3.05, 3.63) is 71.9 Å². The van der Waals surface area contributed by atoms with Crippen molar-refractivity contribution in [2.75, 3.05) is 0 Å². The van der Waals surface area contributed by atoms with E-state index in [2.05, 4.69) is 4.98 Å². The maximum absolute atomic E-state index is 10.6. The topological polar surface area (TPSA) is 59.4 Å². The third-order valence-electron chi connectivity index (χ3n) is 3.68. The van der Waals surface area contributed by atoms with E-state index in [0.717, 1.165) is 27.8 Å². The van der Waals surface area contributed by atoms with E-state index in [-0.39, 0.29) is 6.42 Å². The molecule has 116 valence electrons. The summed E-state index contributed by atoms with van der Waals surface area (Å²) in [6.07, 6.45) is 2.46. The van der Waals surface area contributed by atoms with Gasteiger partial charge < -0.3 is 9.84 Å². The fourth-order valence-electron chi connectivity index (χ4n) is 2.45. The monoisotopic (exact) mass is 307 g/mol. The number of hydrogen-bond acceptors (Lipinski definition) is 3. The zero-order valence-corrected chi connectivity index (χ0v) is 12.6. The number of nitrogens with zero attached hydrogens (tertiary/aromatic N) is 1. The Hall–Kier alpha value is -2.88. The number of aryl methyl sites for hydroxylation is 1.